The standard InChI is InChI=1S/C12H13BrFN3/c13-12-16-10-2-1-9(14)5-11(10)17(12)7-8-3-4-15-6-8/h1-2,5,8,15H,3-4,6-7H2. The summed E-state index contributed by atoms with van der Waals surface area (Å²) in [5.74, 6) is 0.391. The van der Waals surface area contributed by atoms with Crippen LogP contribution in [0.2, 0.25) is 0 Å². The molecule has 0 saturated carbocycles. The van der Waals surface area contributed by atoms with Gasteiger partial charge in [-0.05, 0) is 59.6 Å². The summed E-state index contributed by atoms with van der Waals surface area (Å²) in [6.45, 7) is 2.98. The Hall–Kier alpha value is -0.940. The number of nitrogens with one attached hydrogen (secondary N) is 1. The molecular weight excluding hydrogens is 285 g/mol. The Morgan fingerprint density at radius 2 is 2.41 bits per heavy atom. The van der Waals surface area contributed by atoms with Crippen LogP contribution in [0.15, 0.2) is 22.9 Å². The van der Waals surface area contributed by atoms with Crippen molar-refractivity contribution in [3.63, 3.8) is 0 Å². The fourth-order valence-corrected chi connectivity index (χ4v) is 2.90. The van der Waals surface area contributed by atoms with Gasteiger partial charge >= 0.3 is 0 Å². The lowest BCUT2D eigenvalue weighted by atomic mass is 10.1. The van der Waals surface area contributed by atoms with Gasteiger partial charge in [-0.3, -0.25) is 0 Å². The maximum absolute atomic E-state index is 13.3. The van der Waals surface area contributed by atoms with Crippen LogP contribution in [0.3, 0.4) is 0 Å². The van der Waals surface area contributed by atoms with E-state index >= 15 is 0 Å². The Labute approximate surface area is 107 Å². The van der Waals surface area contributed by atoms with Gasteiger partial charge in [-0.15, -0.1) is 0 Å². The summed E-state index contributed by atoms with van der Waals surface area (Å²) in [4.78, 5) is 4.39. The molecule has 0 spiro atoms. The fraction of sp³-hybridized carbons (Fsp3) is 0.417. The number of nitrogens with zero attached hydrogens (tertiary/aromatic N) is 2. The van der Waals surface area contributed by atoms with Gasteiger partial charge < -0.3 is 9.88 Å². The zero-order valence-corrected chi connectivity index (χ0v) is 10.9. The van der Waals surface area contributed by atoms with E-state index in [1.807, 2.05) is 0 Å². The molecular formula is C12H13BrFN3. The van der Waals surface area contributed by atoms with E-state index in [1.54, 1.807) is 12.1 Å². The Bertz CT molecular complexity index is 546. The Morgan fingerprint density at radius 3 is 3.18 bits per heavy atom. The van der Waals surface area contributed by atoms with E-state index in [0.717, 1.165) is 35.4 Å². The number of benzene rings is 1. The van der Waals surface area contributed by atoms with Crippen molar-refractivity contribution in [2.24, 2.45) is 5.92 Å². The Kier molecular flexibility index (Phi) is 2.88. The molecule has 0 aliphatic carbocycles. The van der Waals surface area contributed by atoms with Crippen LogP contribution >= 0.6 is 15.9 Å². The highest BCUT2D eigenvalue weighted by molar-refractivity contribution is 9.10. The molecule has 2 heterocycles. The van der Waals surface area contributed by atoms with Gasteiger partial charge in [-0.1, -0.05) is 0 Å². The van der Waals surface area contributed by atoms with Gasteiger partial charge in [0.05, 0.1) is 11.0 Å². The molecule has 5 heteroatoms. The van der Waals surface area contributed by atoms with Crippen LogP contribution in [0.25, 0.3) is 11.0 Å². The average Bonchev–Trinajstić information content (AvgIpc) is 2.90. The average molecular weight is 298 g/mol. The van der Waals surface area contributed by atoms with Gasteiger partial charge in [0.2, 0.25) is 0 Å². The molecule has 1 unspecified atom stereocenters. The van der Waals surface area contributed by atoms with Crippen molar-refractivity contribution in [3.8, 4) is 0 Å². The second-order valence-corrected chi connectivity index (χ2v) is 5.19. The third-order valence-corrected chi connectivity index (χ3v) is 3.87. The van der Waals surface area contributed by atoms with Crippen molar-refractivity contribution >= 4 is 27.0 Å². The predicted octanol–water partition coefficient (Wildman–Crippen LogP) is 2.55. The minimum atomic E-state index is -0.212. The van der Waals surface area contributed by atoms with E-state index in [2.05, 4.69) is 30.8 Å². The van der Waals surface area contributed by atoms with E-state index in [0.29, 0.717) is 5.92 Å². The zero-order valence-electron chi connectivity index (χ0n) is 9.29. The normalized spacial score (nSPS) is 20.2. The quantitative estimate of drug-likeness (QED) is 0.923. The minimum Gasteiger partial charge on any atom is -0.318 e. The van der Waals surface area contributed by atoms with Crippen LogP contribution in [-0.2, 0) is 6.54 Å². The molecule has 3 rings (SSSR count). The van der Waals surface area contributed by atoms with Crippen LogP contribution in [0, 0.1) is 11.7 Å². The summed E-state index contributed by atoms with van der Waals surface area (Å²) in [7, 11) is 0. The van der Waals surface area contributed by atoms with Crippen LogP contribution in [0.1, 0.15) is 6.42 Å². The number of hydrogen-bond acceptors (Lipinski definition) is 2. The molecule has 1 fully saturated rings. The van der Waals surface area contributed by atoms with Gasteiger partial charge in [0, 0.05) is 6.54 Å². The molecule has 0 bridgehead atoms. The van der Waals surface area contributed by atoms with Gasteiger partial charge in [-0.2, -0.15) is 0 Å². The summed E-state index contributed by atoms with van der Waals surface area (Å²) >= 11 is 3.45. The smallest absolute Gasteiger partial charge is 0.178 e. The lowest BCUT2D eigenvalue weighted by molar-refractivity contribution is 0.483. The van der Waals surface area contributed by atoms with Crippen LogP contribution in [0.5, 0.6) is 0 Å². The number of rotatable bonds is 2. The molecule has 1 aliphatic rings. The monoisotopic (exact) mass is 297 g/mol. The van der Waals surface area contributed by atoms with Crippen LogP contribution in [0.4, 0.5) is 4.39 Å². The summed E-state index contributed by atoms with van der Waals surface area (Å²) < 4.78 is 16.1. The van der Waals surface area contributed by atoms with Gasteiger partial charge in [0.25, 0.3) is 0 Å². The number of aromatic nitrogens is 2. The van der Waals surface area contributed by atoms with Crippen molar-refractivity contribution < 1.29 is 4.39 Å². The molecule has 1 saturated heterocycles. The molecule has 1 atom stereocenters. The van der Waals surface area contributed by atoms with E-state index in [-0.39, 0.29) is 5.82 Å². The first kappa shape index (κ1) is 11.2. The highest BCUT2D eigenvalue weighted by atomic mass is 79.9. The van der Waals surface area contributed by atoms with Gasteiger partial charge in [-0.25, -0.2) is 9.37 Å². The first-order chi connectivity index (χ1) is 8.24. The minimum absolute atomic E-state index is 0.212. The molecule has 1 aliphatic heterocycles. The maximum Gasteiger partial charge on any atom is 0.178 e. The second-order valence-electron chi connectivity index (χ2n) is 4.48. The molecule has 2 aromatic rings. The van der Waals surface area contributed by atoms with E-state index in [4.69, 9.17) is 0 Å². The number of fused-ring (bicyclic) bond motifs is 1. The molecule has 90 valence electrons. The lowest BCUT2D eigenvalue weighted by Crippen LogP contribution is -2.14. The molecule has 0 amide bonds. The van der Waals surface area contributed by atoms with Crippen molar-refractivity contribution in [1.29, 1.82) is 0 Å². The summed E-state index contributed by atoms with van der Waals surface area (Å²) in [6.07, 6.45) is 1.17. The topological polar surface area (TPSA) is 29.9 Å². The molecule has 3 nitrogen and oxygen atoms in total. The number of hydrogen-bond donors (Lipinski definition) is 1. The summed E-state index contributed by atoms with van der Waals surface area (Å²) in [5.41, 5.74) is 1.70. The Morgan fingerprint density at radius 1 is 1.53 bits per heavy atom. The lowest BCUT2D eigenvalue weighted by Gasteiger charge is -2.11. The summed E-state index contributed by atoms with van der Waals surface area (Å²) in [5, 5.41) is 3.34. The maximum atomic E-state index is 13.3. The third kappa shape index (κ3) is 2.09. The highest BCUT2D eigenvalue weighted by Gasteiger charge is 2.18. The van der Waals surface area contributed by atoms with E-state index in [1.165, 1.54) is 12.5 Å². The highest BCUT2D eigenvalue weighted by Crippen LogP contribution is 2.23. The molecule has 17 heavy (non-hydrogen) atoms. The van der Waals surface area contributed by atoms with E-state index < -0.39 is 0 Å². The second kappa shape index (κ2) is 4.38. The van der Waals surface area contributed by atoms with Crippen molar-refractivity contribution in [2.45, 2.75) is 13.0 Å². The molecule has 0 radical (unpaired) electrons. The molecule has 1 N–H and O–H groups in total. The first-order valence-corrected chi connectivity index (χ1v) is 6.55. The van der Waals surface area contributed by atoms with Crippen molar-refractivity contribution in [1.82, 2.24) is 14.9 Å². The van der Waals surface area contributed by atoms with Gasteiger partial charge in [0.1, 0.15) is 5.82 Å². The first-order valence-electron chi connectivity index (χ1n) is 5.76. The number of halogens is 2. The summed E-state index contributed by atoms with van der Waals surface area (Å²) in [6, 6.07) is 4.72. The van der Waals surface area contributed by atoms with Gasteiger partial charge in [0.15, 0.2) is 4.73 Å². The predicted molar refractivity (Wildman–Crippen MR) is 68.4 cm³/mol. The Balaban J connectivity index is 2.01. The third-order valence-electron chi connectivity index (χ3n) is 3.27. The zero-order chi connectivity index (χ0) is 11.8. The SMILES string of the molecule is Fc1ccc2nc(Br)n(CC3CCNC3)c2c1. The van der Waals surface area contributed by atoms with Crippen LogP contribution in [-0.4, -0.2) is 22.6 Å². The number of imidazole rings is 1. The van der Waals surface area contributed by atoms with Crippen molar-refractivity contribution in [2.75, 3.05) is 13.1 Å². The fourth-order valence-electron chi connectivity index (χ4n) is 2.37. The van der Waals surface area contributed by atoms with Crippen molar-refractivity contribution in [3.05, 3.63) is 28.7 Å². The largest absolute Gasteiger partial charge is 0.318 e. The van der Waals surface area contributed by atoms with E-state index in [9.17, 15) is 4.39 Å². The molecule has 1 aromatic heterocycles. The van der Waals surface area contributed by atoms with Crippen LogP contribution < -0.4 is 5.32 Å². The molecule has 1 aromatic carbocycles.